The Labute approximate surface area is 142 Å². The van der Waals surface area contributed by atoms with Crippen molar-refractivity contribution in [1.29, 1.82) is 0 Å². The van der Waals surface area contributed by atoms with Crippen molar-refractivity contribution >= 4 is 10.0 Å². The fourth-order valence-electron chi connectivity index (χ4n) is 2.97. The second-order valence-corrected chi connectivity index (χ2v) is 7.70. The van der Waals surface area contributed by atoms with Crippen molar-refractivity contribution in [2.45, 2.75) is 31.1 Å². The van der Waals surface area contributed by atoms with Crippen LogP contribution in [0.4, 0.5) is 0 Å². The molecule has 0 N–H and O–H groups in total. The van der Waals surface area contributed by atoms with Crippen LogP contribution < -0.4 is 4.74 Å². The van der Waals surface area contributed by atoms with E-state index in [1.165, 1.54) is 4.31 Å². The van der Waals surface area contributed by atoms with Gasteiger partial charge in [0.1, 0.15) is 12.0 Å². The first-order valence-electron chi connectivity index (χ1n) is 7.80. The molecule has 0 saturated carbocycles. The highest BCUT2D eigenvalue weighted by Crippen LogP contribution is 2.34. The summed E-state index contributed by atoms with van der Waals surface area (Å²) in [5.74, 6) is 0.638. The predicted octanol–water partition coefficient (Wildman–Crippen LogP) is 3.11. The molecule has 1 aliphatic rings. The van der Waals surface area contributed by atoms with Gasteiger partial charge < -0.3 is 9.47 Å². The molecule has 0 amide bonds. The Balaban J connectivity index is 1.90. The molecule has 2 aromatic carbocycles. The van der Waals surface area contributed by atoms with Crippen LogP contribution >= 0.6 is 0 Å². The Kier molecular flexibility index (Phi) is 4.62. The average Bonchev–Trinajstić information content (AvgIpc) is 2.98. The van der Waals surface area contributed by atoms with E-state index in [1.54, 1.807) is 39.2 Å². The van der Waals surface area contributed by atoms with E-state index < -0.39 is 16.3 Å². The average molecular weight is 347 g/mol. The second kappa shape index (κ2) is 6.55. The molecule has 0 aliphatic carbocycles. The van der Waals surface area contributed by atoms with E-state index in [9.17, 15) is 8.42 Å². The van der Waals surface area contributed by atoms with Gasteiger partial charge >= 0.3 is 0 Å². The van der Waals surface area contributed by atoms with Gasteiger partial charge in [-0.2, -0.15) is 4.31 Å². The summed E-state index contributed by atoms with van der Waals surface area (Å²) in [7, 11) is -2.07. The summed E-state index contributed by atoms with van der Waals surface area (Å²) in [4.78, 5) is 0.285. The van der Waals surface area contributed by atoms with E-state index in [0.717, 1.165) is 5.56 Å². The highest BCUT2D eigenvalue weighted by atomic mass is 32.2. The molecule has 1 fully saturated rings. The number of hydrogen-bond donors (Lipinski definition) is 0. The summed E-state index contributed by atoms with van der Waals surface area (Å²) in [6.07, 6.45) is -0.767. The van der Waals surface area contributed by atoms with Gasteiger partial charge in [-0.15, -0.1) is 0 Å². The van der Waals surface area contributed by atoms with Gasteiger partial charge in [0, 0.05) is 6.54 Å². The molecule has 2 aromatic rings. The van der Waals surface area contributed by atoms with Crippen molar-refractivity contribution in [2.24, 2.45) is 0 Å². The lowest BCUT2D eigenvalue weighted by atomic mass is 10.1. The molecule has 24 heavy (non-hydrogen) atoms. The molecule has 0 bridgehead atoms. The van der Waals surface area contributed by atoms with Gasteiger partial charge in [0.25, 0.3) is 0 Å². The van der Waals surface area contributed by atoms with Gasteiger partial charge in [-0.25, -0.2) is 8.42 Å². The lowest BCUT2D eigenvalue weighted by Crippen LogP contribution is -2.34. The number of nitrogens with zero attached hydrogens (tertiary/aromatic N) is 1. The van der Waals surface area contributed by atoms with Crippen LogP contribution in [-0.2, 0) is 14.8 Å². The van der Waals surface area contributed by atoms with Crippen molar-refractivity contribution in [1.82, 2.24) is 4.31 Å². The fourth-order valence-corrected chi connectivity index (χ4v) is 4.70. The normalized spacial score (nSPS) is 21.8. The smallest absolute Gasteiger partial charge is 0.245 e. The molecule has 5 nitrogen and oxygen atoms in total. The maximum absolute atomic E-state index is 13.0. The predicted molar refractivity (Wildman–Crippen MR) is 91.4 cm³/mol. The zero-order valence-electron chi connectivity index (χ0n) is 14.0. The van der Waals surface area contributed by atoms with E-state index in [2.05, 4.69) is 0 Å². The molecule has 6 heteroatoms. The summed E-state index contributed by atoms with van der Waals surface area (Å²) in [6.45, 7) is 3.84. The Morgan fingerprint density at radius 1 is 1.17 bits per heavy atom. The van der Waals surface area contributed by atoms with Gasteiger partial charge in [-0.3, -0.25) is 0 Å². The first-order valence-corrected chi connectivity index (χ1v) is 9.24. The van der Waals surface area contributed by atoms with Crippen molar-refractivity contribution in [3.05, 3.63) is 59.7 Å². The number of hydrogen-bond acceptors (Lipinski definition) is 4. The second-order valence-electron chi connectivity index (χ2n) is 5.84. The quantitative estimate of drug-likeness (QED) is 0.853. The minimum absolute atomic E-state index is 0.255. The van der Waals surface area contributed by atoms with Crippen molar-refractivity contribution < 1.29 is 17.9 Å². The summed E-state index contributed by atoms with van der Waals surface area (Å²) in [6, 6.07) is 14.7. The zero-order valence-corrected chi connectivity index (χ0v) is 14.8. The molecule has 1 aliphatic heterocycles. The highest BCUT2D eigenvalue weighted by molar-refractivity contribution is 7.89. The minimum atomic E-state index is -3.63. The molecular weight excluding hydrogens is 326 g/mol. The SMILES string of the molecule is COc1ccc(S(=O)(=O)N2CC(c3ccccc3)OC2C)c(C)c1. The van der Waals surface area contributed by atoms with Crippen LogP contribution in [0.2, 0.25) is 0 Å². The van der Waals surface area contributed by atoms with Crippen molar-refractivity contribution in [3.63, 3.8) is 0 Å². The van der Waals surface area contributed by atoms with Crippen LogP contribution in [0, 0.1) is 6.92 Å². The van der Waals surface area contributed by atoms with E-state index in [0.29, 0.717) is 17.9 Å². The van der Waals surface area contributed by atoms with Crippen molar-refractivity contribution in [2.75, 3.05) is 13.7 Å². The van der Waals surface area contributed by atoms with Crippen LogP contribution in [0.5, 0.6) is 5.75 Å². The Morgan fingerprint density at radius 3 is 2.50 bits per heavy atom. The number of aryl methyl sites for hydroxylation is 1. The molecular formula is C18H21NO4S. The van der Waals surface area contributed by atoms with Gasteiger partial charge in [-0.05, 0) is 43.2 Å². The van der Waals surface area contributed by atoms with E-state index in [4.69, 9.17) is 9.47 Å². The molecule has 128 valence electrons. The third-order valence-corrected chi connectivity index (χ3v) is 6.33. The van der Waals surface area contributed by atoms with Gasteiger partial charge in [0.05, 0.1) is 18.1 Å². The number of sulfonamides is 1. The molecule has 1 saturated heterocycles. The largest absolute Gasteiger partial charge is 0.497 e. The number of methoxy groups -OCH3 is 1. The third kappa shape index (κ3) is 3.05. The summed E-state index contributed by atoms with van der Waals surface area (Å²) >= 11 is 0. The summed E-state index contributed by atoms with van der Waals surface area (Å²) in [5.41, 5.74) is 1.64. The monoisotopic (exact) mass is 347 g/mol. The lowest BCUT2D eigenvalue weighted by molar-refractivity contribution is 0.0344. The van der Waals surface area contributed by atoms with Crippen LogP contribution in [0.3, 0.4) is 0 Å². The summed E-state index contributed by atoms with van der Waals surface area (Å²) < 4.78 is 38.5. The van der Waals surface area contributed by atoms with E-state index in [1.807, 2.05) is 30.3 Å². The third-order valence-electron chi connectivity index (χ3n) is 4.25. The molecule has 1 heterocycles. The molecule has 2 atom stereocenters. The maximum atomic E-state index is 13.0. The number of ether oxygens (including phenoxy) is 2. The maximum Gasteiger partial charge on any atom is 0.245 e. The first kappa shape index (κ1) is 17.0. The van der Waals surface area contributed by atoms with Crippen LogP contribution in [0.1, 0.15) is 24.2 Å². The van der Waals surface area contributed by atoms with Crippen molar-refractivity contribution in [3.8, 4) is 5.75 Å². The standard InChI is InChI=1S/C18H21NO4S/c1-13-11-16(22-3)9-10-18(13)24(20,21)19-12-17(23-14(19)2)15-7-5-4-6-8-15/h4-11,14,17H,12H2,1-3H3. The van der Waals surface area contributed by atoms with Gasteiger partial charge in [0.2, 0.25) is 10.0 Å². The van der Waals surface area contributed by atoms with Gasteiger partial charge in [0.15, 0.2) is 0 Å². The highest BCUT2D eigenvalue weighted by Gasteiger charge is 2.39. The lowest BCUT2D eigenvalue weighted by Gasteiger charge is -2.20. The zero-order chi connectivity index (χ0) is 17.3. The molecule has 0 radical (unpaired) electrons. The molecule has 0 spiro atoms. The molecule has 0 aromatic heterocycles. The van der Waals surface area contributed by atoms with Crippen LogP contribution in [0.25, 0.3) is 0 Å². The number of rotatable bonds is 4. The number of benzene rings is 2. The Morgan fingerprint density at radius 2 is 1.88 bits per heavy atom. The molecule has 2 unspecified atom stereocenters. The topological polar surface area (TPSA) is 55.8 Å². The summed E-state index contributed by atoms with van der Waals surface area (Å²) in [5, 5.41) is 0. The van der Waals surface area contributed by atoms with Crippen LogP contribution in [0.15, 0.2) is 53.4 Å². The Bertz CT molecular complexity index is 820. The first-order chi connectivity index (χ1) is 11.4. The molecule has 3 rings (SSSR count). The fraction of sp³-hybridized carbons (Fsp3) is 0.333. The van der Waals surface area contributed by atoms with Gasteiger partial charge in [-0.1, -0.05) is 30.3 Å². The Hall–Kier alpha value is -1.89. The van der Waals surface area contributed by atoms with E-state index >= 15 is 0 Å². The minimum Gasteiger partial charge on any atom is -0.497 e. The van der Waals surface area contributed by atoms with E-state index in [-0.39, 0.29) is 11.0 Å². The van der Waals surface area contributed by atoms with Crippen LogP contribution in [-0.4, -0.2) is 32.6 Å².